The van der Waals surface area contributed by atoms with Gasteiger partial charge in [-0.25, -0.2) is 4.98 Å². The van der Waals surface area contributed by atoms with E-state index in [1.807, 2.05) is 24.3 Å². The minimum absolute atomic E-state index is 0.0851. The van der Waals surface area contributed by atoms with Crippen LogP contribution >= 0.6 is 15.9 Å². The third-order valence-corrected chi connectivity index (χ3v) is 3.92. The fourth-order valence-corrected chi connectivity index (χ4v) is 2.51. The van der Waals surface area contributed by atoms with E-state index >= 15 is 0 Å². The minimum Gasteiger partial charge on any atom is -0.399 e. The number of anilines is 1. The Morgan fingerprint density at radius 1 is 1.20 bits per heavy atom. The van der Waals surface area contributed by atoms with Crippen molar-refractivity contribution in [1.29, 1.82) is 0 Å². The molecule has 0 unspecified atom stereocenters. The molecule has 0 saturated carbocycles. The number of hydrogen-bond donors (Lipinski definition) is 1. The molecule has 0 amide bonds. The number of hydrogen-bond acceptors (Lipinski definition) is 3. The first-order valence-electron chi connectivity index (χ1n) is 6.13. The van der Waals surface area contributed by atoms with Gasteiger partial charge in [0.05, 0.1) is 23.8 Å². The van der Waals surface area contributed by atoms with E-state index in [0.29, 0.717) is 23.1 Å². The highest BCUT2D eigenvalue weighted by Crippen LogP contribution is 2.17. The molecule has 2 aromatic carbocycles. The van der Waals surface area contributed by atoms with Gasteiger partial charge in [0.1, 0.15) is 0 Å². The van der Waals surface area contributed by atoms with Crippen LogP contribution in [0.1, 0.15) is 5.56 Å². The molecule has 0 aliphatic heterocycles. The fourth-order valence-electron chi connectivity index (χ4n) is 2.10. The molecule has 0 aliphatic carbocycles. The standard InChI is InChI=1S/C15H12BrN3O/c16-13-4-2-1-3-10(13)8-19-9-18-14-6-5-11(17)7-12(14)15(19)20/h1-7,9H,8,17H2. The molecule has 3 rings (SSSR count). The molecule has 0 aliphatic rings. The molecule has 0 radical (unpaired) electrons. The van der Waals surface area contributed by atoms with E-state index < -0.39 is 0 Å². The summed E-state index contributed by atoms with van der Waals surface area (Å²) in [6.45, 7) is 0.470. The van der Waals surface area contributed by atoms with Crippen LogP contribution < -0.4 is 11.3 Å². The quantitative estimate of drug-likeness (QED) is 0.735. The number of aromatic nitrogens is 2. The van der Waals surface area contributed by atoms with Crippen molar-refractivity contribution in [3.63, 3.8) is 0 Å². The highest BCUT2D eigenvalue weighted by Gasteiger charge is 2.06. The maximum Gasteiger partial charge on any atom is 0.261 e. The molecule has 0 bridgehead atoms. The summed E-state index contributed by atoms with van der Waals surface area (Å²) in [5.41, 5.74) is 7.90. The summed E-state index contributed by atoms with van der Waals surface area (Å²) < 4.78 is 2.56. The lowest BCUT2D eigenvalue weighted by molar-refractivity contribution is 0.746. The Bertz CT molecular complexity index is 842. The van der Waals surface area contributed by atoms with Crippen LogP contribution in [-0.4, -0.2) is 9.55 Å². The smallest absolute Gasteiger partial charge is 0.261 e. The zero-order valence-electron chi connectivity index (χ0n) is 10.6. The van der Waals surface area contributed by atoms with Crippen LogP contribution in [0.2, 0.25) is 0 Å². The Hall–Kier alpha value is -2.14. The first-order chi connectivity index (χ1) is 9.65. The average molecular weight is 330 g/mol. The maximum absolute atomic E-state index is 12.4. The van der Waals surface area contributed by atoms with E-state index in [-0.39, 0.29) is 5.56 Å². The van der Waals surface area contributed by atoms with Crippen molar-refractivity contribution in [2.45, 2.75) is 6.54 Å². The van der Waals surface area contributed by atoms with Crippen molar-refractivity contribution in [1.82, 2.24) is 9.55 Å². The van der Waals surface area contributed by atoms with E-state index in [9.17, 15) is 4.79 Å². The van der Waals surface area contributed by atoms with E-state index in [1.54, 1.807) is 29.1 Å². The molecule has 1 heterocycles. The Labute approximate surface area is 124 Å². The summed E-state index contributed by atoms with van der Waals surface area (Å²) in [5, 5.41) is 0.541. The van der Waals surface area contributed by atoms with Crippen molar-refractivity contribution < 1.29 is 0 Å². The second kappa shape index (κ2) is 5.09. The maximum atomic E-state index is 12.4. The predicted octanol–water partition coefficient (Wildman–Crippen LogP) is 2.79. The van der Waals surface area contributed by atoms with Gasteiger partial charge in [-0.1, -0.05) is 34.1 Å². The normalized spacial score (nSPS) is 10.8. The van der Waals surface area contributed by atoms with Gasteiger partial charge < -0.3 is 5.73 Å². The first kappa shape index (κ1) is 12.9. The summed E-state index contributed by atoms with van der Waals surface area (Å²) in [6, 6.07) is 13.0. The monoisotopic (exact) mass is 329 g/mol. The molecule has 0 atom stereocenters. The largest absolute Gasteiger partial charge is 0.399 e. The van der Waals surface area contributed by atoms with Gasteiger partial charge in [-0.2, -0.15) is 0 Å². The molecule has 1 aromatic heterocycles. The number of fused-ring (bicyclic) bond motifs is 1. The molecule has 2 N–H and O–H groups in total. The molecule has 20 heavy (non-hydrogen) atoms. The third kappa shape index (κ3) is 2.32. The van der Waals surface area contributed by atoms with Gasteiger partial charge in [0, 0.05) is 10.2 Å². The second-order valence-corrected chi connectivity index (χ2v) is 5.40. The van der Waals surface area contributed by atoms with Gasteiger partial charge in [0.2, 0.25) is 0 Å². The average Bonchev–Trinajstić information content (AvgIpc) is 2.45. The lowest BCUT2D eigenvalue weighted by Crippen LogP contribution is -2.21. The Morgan fingerprint density at radius 3 is 2.80 bits per heavy atom. The Morgan fingerprint density at radius 2 is 2.00 bits per heavy atom. The van der Waals surface area contributed by atoms with Gasteiger partial charge in [-0.15, -0.1) is 0 Å². The van der Waals surface area contributed by atoms with Crippen molar-refractivity contribution in [3.05, 3.63) is 69.2 Å². The van der Waals surface area contributed by atoms with Crippen LogP contribution in [0.4, 0.5) is 5.69 Å². The van der Waals surface area contributed by atoms with Crippen molar-refractivity contribution >= 4 is 32.5 Å². The fraction of sp³-hybridized carbons (Fsp3) is 0.0667. The predicted molar refractivity (Wildman–Crippen MR) is 83.7 cm³/mol. The Balaban J connectivity index is 2.11. The van der Waals surface area contributed by atoms with E-state index in [0.717, 1.165) is 10.0 Å². The number of halogens is 1. The van der Waals surface area contributed by atoms with E-state index in [2.05, 4.69) is 20.9 Å². The van der Waals surface area contributed by atoms with Crippen LogP contribution in [0, 0.1) is 0 Å². The topological polar surface area (TPSA) is 60.9 Å². The van der Waals surface area contributed by atoms with Gasteiger partial charge in [-0.3, -0.25) is 9.36 Å². The highest BCUT2D eigenvalue weighted by molar-refractivity contribution is 9.10. The summed E-state index contributed by atoms with van der Waals surface area (Å²) in [7, 11) is 0. The number of nitrogens with two attached hydrogens (primary N) is 1. The van der Waals surface area contributed by atoms with E-state index in [4.69, 9.17) is 5.73 Å². The van der Waals surface area contributed by atoms with Gasteiger partial charge in [0.25, 0.3) is 5.56 Å². The summed E-state index contributed by atoms with van der Waals surface area (Å²) in [6.07, 6.45) is 1.57. The molecule has 100 valence electrons. The third-order valence-electron chi connectivity index (χ3n) is 3.15. The van der Waals surface area contributed by atoms with Crippen LogP contribution in [-0.2, 0) is 6.54 Å². The summed E-state index contributed by atoms with van der Waals surface area (Å²) in [4.78, 5) is 16.7. The van der Waals surface area contributed by atoms with Gasteiger partial charge >= 0.3 is 0 Å². The molecule has 4 nitrogen and oxygen atoms in total. The minimum atomic E-state index is -0.0851. The molecule has 5 heteroatoms. The van der Waals surface area contributed by atoms with Crippen LogP contribution in [0.5, 0.6) is 0 Å². The first-order valence-corrected chi connectivity index (χ1v) is 6.92. The number of nitrogens with zero attached hydrogens (tertiary/aromatic N) is 2. The summed E-state index contributed by atoms with van der Waals surface area (Å²) in [5.74, 6) is 0. The molecular formula is C15H12BrN3O. The van der Waals surface area contributed by atoms with Crippen LogP contribution in [0.25, 0.3) is 10.9 Å². The molecule has 0 saturated heterocycles. The zero-order valence-corrected chi connectivity index (χ0v) is 12.2. The van der Waals surface area contributed by atoms with Crippen molar-refractivity contribution in [3.8, 4) is 0 Å². The molecular weight excluding hydrogens is 318 g/mol. The van der Waals surface area contributed by atoms with Crippen LogP contribution in [0.3, 0.4) is 0 Å². The van der Waals surface area contributed by atoms with Gasteiger partial charge in [-0.05, 0) is 29.8 Å². The molecule has 3 aromatic rings. The summed E-state index contributed by atoms with van der Waals surface area (Å²) >= 11 is 3.48. The lowest BCUT2D eigenvalue weighted by atomic mass is 10.2. The number of rotatable bonds is 2. The Kier molecular flexibility index (Phi) is 3.28. The lowest BCUT2D eigenvalue weighted by Gasteiger charge is -2.08. The van der Waals surface area contributed by atoms with Crippen molar-refractivity contribution in [2.75, 3.05) is 5.73 Å². The van der Waals surface area contributed by atoms with Gasteiger partial charge in [0.15, 0.2) is 0 Å². The number of benzene rings is 2. The van der Waals surface area contributed by atoms with E-state index in [1.165, 1.54) is 0 Å². The number of nitrogen functional groups attached to an aromatic ring is 1. The van der Waals surface area contributed by atoms with Crippen molar-refractivity contribution in [2.24, 2.45) is 0 Å². The molecule has 0 fully saturated rings. The zero-order chi connectivity index (χ0) is 14.1. The second-order valence-electron chi connectivity index (χ2n) is 4.55. The molecule has 0 spiro atoms. The van der Waals surface area contributed by atoms with Crippen LogP contribution in [0.15, 0.2) is 58.1 Å². The highest BCUT2D eigenvalue weighted by atomic mass is 79.9. The SMILES string of the molecule is Nc1ccc2ncn(Cc3ccccc3Br)c(=O)c2c1.